The Morgan fingerprint density at radius 3 is 2.29 bits per heavy atom. The molecule has 0 aliphatic heterocycles. The first-order chi connectivity index (χ1) is 8.06. The molecule has 1 atom stereocenters. The molecule has 0 aromatic carbocycles. The van der Waals surface area contributed by atoms with Gasteiger partial charge in [-0.3, -0.25) is 12.2 Å². The Bertz CT molecular complexity index is 315. The zero-order chi connectivity index (χ0) is 13.1. The van der Waals surface area contributed by atoms with Crippen molar-refractivity contribution in [3.05, 3.63) is 48.1 Å². The Labute approximate surface area is 122 Å². The van der Waals surface area contributed by atoms with Crippen LogP contribution in [0.15, 0.2) is 36.0 Å². The van der Waals surface area contributed by atoms with E-state index in [1.165, 1.54) is 15.2 Å². The van der Waals surface area contributed by atoms with Crippen LogP contribution in [0.2, 0.25) is 0 Å². The summed E-state index contributed by atoms with van der Waals surface area (Å²) in [5.41, 5.74) is 1.29. The van der Waals surface area contributed by atoms with E-state index in [2.05, 4.69) is 58.1 Å². The minimum absolute atomic E-state index is 0.606. The molecule has 0 saturated carbocycles. The van der Waals surface area contributed by atoms with Crippen molar-refractivity contribution in [1.82, 2.24) is 0 Å². The molecular weight excluding hydrogens is 283 g/mol. The summed E-state index contributed by atoms with van der Waals surface area (Å²) in [6, 6.07) is 0. The van der Waals surface area contributed by atoms with Gasteiger partial charge in [-0.1, -0.05) is 26.2 Å². The standard InChI is InChI=1S/C8H11.C5H5.C3H6.Zr/c1-3-8-5-4-7(2)6-8;1-2-4-5-3-1;1-3-2;/h4-5,8H,3H2,1-2H3;1-3H,4H2;1-2H3;/q2*-1;;+2. The van der Waals surface area contributed by atoms with Gasteiger partial charge in [0.1, 0.15) is 0 Å². The van der Waals surface area contributed by atoms with Crippen molar-refractivity contribution < 1.29 is 24.2 Å². The summed E-state index contributed by atoms with van der Waals surface area (Å²) in [6.45, 7) is 8.52. The second kappa shape index (κ2) is 10.8. The van der Waals surface area contributed by atoms with Gasteiger partial charge in [0.05, 0.1) is 0 Å². The molecule has 2 rings (SSSR count). The van der Waals surface area contributed by atoms with Crippen LogP contribution in [0.4, 0.5) is 0 Å². The van der Waals surface area contributed by atoms with E-state index in [9.17, 15) is 0 Å². The van der Waals surface area contributed by atoms with Crippen molar-refractivity contribution in [2.24, 2.45) is 5.92 Å². The smallest absolute Gasteiger partial charge is 0.109 e. The Balaban J connectivity index is 0.000000246. The van der Waals surface area contributed by atoms with Crippen LogP contribution >= 0.6 is 0 Å². The van der Waals surface area contributed by atoms with E-state index in [0.717, 1.165) is 6.42 Å². The van der Waals surface area contributed by atoms with Crippen molar-refractivity contribution in [3.8, 4) is 0 Å². The minimum Gasteiger partial charge on any atom is -0.273 e. The van der Waals surface area contributed by atoms with Crippen LogP contribution in [0, 0.1) is 18.1 Å². The van der Waals surface area contributed by atoms with Gasteiger partial charge in [0.15, 0.2) is 0 Å². The Hall–Kier alpha value is -0.287. The molecule has 0 bridgehead atoms. The summed E-state index contributed by atoms with van der Waals surface area (Å²) in [6.07, 6.45) is 18.8. The molecule has 0 aromatic heterocycles. The predicted octanol–water partition coefficient (Wildman–Crippen LogP) is 4.38. The number of allylic oxidation sites excluding steroid dienone is 8. The fraction of sp³-hybridized carbons (Fsp3) is 0.438. The number of rotatable bonds is 1. The normalized spacial score (nSPS) is 19.2. The van der Waals surface area contributed by atoms with Crippen molar-refractivity contribution in [1.29, 1.82) is 0 Å². The van der Waals surface area contributed by atoms with Crippen LogP contribution in [0.25, 0.3) is 0 Å². The molecule has 0 heterocycles. The van der Waals surface area contributed by atoms with Gasteiger partial charge in [-0.25, -0.2) is 23.8 Å². The van der Waals surface area contributed by atoms with Gasteiger partial charge in [0.25, 0.3) is 0 Å². The van der Waals surface area contributed by atoms with Gasteiger partial charge >= 0.3 is 41.3 Å². The van der Waals surface area contributed by atoms with Crippen molar-refractivity contribution >= 4 is 3.21 Å². The monoisotopic (exact) mass is 304 g/mol. The topological polar surface area (TPSA) is 0 Å². The van der Waals surface area contributed by atoms with Crippen LogP contribution in [0.5, 0.6) is 0 Å². The Morgan fingerprint density at radius 1 is 1.47 bits per heavy atom. The third kappa shape index (κ3) is 12.0. The van der Waals surface area contributed by atoms with Crippen LogP contribution in [0.1, 0.15) is 40.5 Å². The molecule has 0 spiro atoms. The zero-order valence-electron chi connectivity index (χ0n) is 11.4. The van der Waals surface area contributed by atoms with E-state index >= 15 is 0 Å². The maximum Gasteiger partial charge on any atom is -0.109 e. The largest absolute Gasteiger partial charge is 0.273 e. The molecule has 0 nitrogen and oxygen atoms in total. The molecule has 0 saturated heterocycles. The maximum atomic E-state index is 3.31. The Morgan fingerprint density at radius 2 is 2.12 bits per heavy atom. The zero-order valence-corrected chi connectivity index (χ0v) is 13.8. The summed E-state index contributed by atoms with van der Waals surface area (Å²) in [7, 11) is 0. The molecule has 0 radical (unpaired) electrons. The molecule has 0 N–H and O–H groups in total. The van der Waals surface area contributed by atoms with E-state index < -0.39 is 0 Å². The van der Waals surface area contributed by atoms with Gasteiger partial charge in [0, 0.05) is 0 Å². The SMILES string of the molecule is CCC1[C-]=C(C)C=C1.C[C](C)=[Zr+2].[C-]1=CC=CC1. The average Bonchev–Trinajstić information content (AvgIpc) is 2.89. The molecule has 2 aliphatic rings. The average molecular weight is 306 g/mol. The molecule has 1 unspecified atom stereocenters. The quantitative estimate of drug-likeness (QED) is 0.631. The first kappa shape index (κ1) is 16.7. The molecule has 17 heavy (non-hydrogen) atoms. The van der Waals surface area contributed by atoms with Gasteiger partial charge in [0.2, 0.25) is 0 Å². The summed E-state index contributed by atoms with van der Waals surface area (Å²) < 4.78 is 1.51. The predicted molar refractivity (Wildman–Crippen MR) is 73.3 cm³/mol. The molecule has 0 aromatic rings. The second-order valence-corrected chi connectivity index (χ2v) is 6.66. The first-order valence-electron chi connectivity index (χ1n) is 6.08. The second-order valence-electron chi connectivity index (χ2n) is 4.20. The first-order valence-corrected chi connectivity index (χ1v) is 7.31. The fourth-order valence-electron chi connectivity index (χ4n) is 1.23. The minimum atomic E-state index is 0.606. The molecule has 2 aliphatic carbocycles. The van der Waals surface area contributed by atoms with E-state index in [1.54, 1.807) is 24.2 Å². The van der Waals surface area contributed by atoms with E-state index in [1.807, 2.05) is 12.2 Å². The van der Waals surface area contributed by atoms with Gasteiger partial charge < -0.3 is 0 Å². The van der Waals surface area contributed by atoms with Gasteiger partial charge in [-0.2, -0.15) is 12.2 Å². The van der Waals surface area contributed by atoms with Crippen LogP contribution < -0.4 is 0 Å². The van der Waals surface area contributed by atoms with Crippen molar-refractivity contribution in [2.45, 2.75) is 40.5 Å². The maximum absolute atomic E-state index is 3.31. The summed E-state index contributed by atoms with van der Waals surface area (Å²) >= 11 is 1.55. The number of hydrogen-bond donors (Lipinski definition) is 0. The summed E-state index contributed by atoms with van der Waals surface area (Å²) in [4.78, 5) is 0. The molecule has 0 amide bonds. The molecule has 90 valence electrons. The number of hydrogen-bond acceptors (Lipinski definition) is 0. The van der Waals surface area contributed by atoms with E-state index in [4.69, 9.17) is 0 Å². The molecule has 1 heteroatoms. The molecule has 0 fully saturated rings. The Kier molecular flexibility index (Phi) is 10.7. The molecular formula is C16H22Zr. The van der Waals surface area contributed by atoms with Gasteiger partial charge in [-0.05, 0) is 0 Å². The van der Waals surface area contributed by atoms with Crippen LogP contribution in [0.3, 0.4) is 0 Å². The summed E-state index contributed by atoms with van der Waals surface area (Å²) in [5.74, 6) is 0.606. The van der Waals surface area contributed by atoms with E-state index in [-0.39, 0.29) is 0 Å². The van der Waals surface area contributed by atoms with Crippen molar-refractivity contribution in [2.75, 3.05) is 0 Å². The summed E-state index contributed by atoms with van der Waals surface area (Å²) in [5, 5.41) is 0. The van der Waals surface area contributed by atoms with E-state index in [0.29, 0.717) is 5.92 Å². The van der Waals surface area contributed by atoms with Crippen LogP contribution in [-0.2, 0) is 24.2 Å². The third-order valence-electron chi connectivity index (χ3n) is 2.02. The van der Waals surface area contributed by atoms with Gasteiger partial charge in [-0.15, -0.1) is 6.42 Å². The third-order valence-corrected chi connectivity index (χ3v) is 2.02. The fourth-order valence-corrected chi connectivity index (χ4v) is 1.23. The van der Waals surface area contributed by atoms with Crippen LogP contribution in [-0.4, -0.2) is 3.21 Å². The van der Waals surface area contributed by atoms with Crippen molar-refractivity contribution in [3.63, 3.8) is 0 Å².